The van der Waals surface area contributed by atoms with Gasteiger partial charge in [0.25, 0.3) is 10.0 Å². The first kappa shape index (κ1) is 9.85. The van der Waals surface area contributed by atoms with E-state index in [1.54, 1.807) is 13.8 Å². The van der Waals surface area contributed by atoms with Crippen LogP contribution < -0.4 is 0 Å². The number of aryl methyl sites for hydroxylation is 1. The fraction of sp³-hybridized carbons (Fsp3) is 0.250. The predicted molar refractivity (Wildman–Crippen MR) is 50.3 cm³/mol. The molecule has 0 atom stereocenters. The summed E-state index contributed by atoms with van der Waals surface area (Å²) in [5, 5.41) is 0. The molecule has 0 aliphatic heterocycles. The van der Waals surface area contributed by atoms with Crippen molar-refractivity contribution in [1.82, 2.24) is 4.98 Å². The minimum absolute atomic E-state index is 0.209. The van der Waals surface area contributed by atoms with Crippen molar-refractivity contribution in [2.75, 3.05) is 0 Å². The van der Waals surface area contributed by atoms with Crippen LogP contribution in [0.15, 0.2) is 27.8 Å². The molecule has 0 bridgehead atoms. The van der Waals surface area contributed by atoms with Crippen molar-refractivity contribution in [3.63, 3.8) is 0 Å². The molecule has 0 saturated carbocycles. The molecule has 1 aromatic heterocycles. The van der Waals surface area contributed by atoms with Crippen LogP contribution in [-0.2, 0) is 10.0 Å². The Hall–Kier alpha value is -1.23. The number of nitrogens with zero attached hydrogens (tertiary/aromatic N) is 2. The Morgan fingerprint density at radius 2 is 2.23 bits per heavy atom. The van der Waals surface area contributed by atoms with Crippen LogP contribution >= 0.6 is 0 Å². The SMILES string of the molecule is CC=NS(=O)(=O)c1ccncc1C. The predicted octanol–water partition coefficient (Wildman–Crippen LogP) is 1.17. The number of aromatic nitrogens is 1. The van der Waals surface area contributed by atoms with Gasteiger partial charge < -0.3 is 0 Å². The molecule has 1 rings (SSSR count). The first-order chi connectivity index (χ1) is 6.08. The Labute approximate surface area is 77.4 Å². The maximum Gasteiger partial charge on any atom is 0.282 e. The van der Waals surface area contributed by atoms with Crippen molar-refractivity contribution >= 4 is 16.2 Å². The lowest BCUT2D eigenvalue weighted by molar-refractivity contribution is 0.597. The number of hydrogen-bond donors (Lipinski definition) is 0. The highest BCUT2D eigenvalue weighted by atomic mass is 32.2. The molecule has 1 heterocycles. The largest absolute Gasteiger partial charge is 0.282 e. The Morgan fingerprint density at radius 1 is 1.54 bits per heavy atom. The molecule has 1 aromatic rings. The quantitative estimate of drug-likeness (QED) is 0.670. The van der Waals surface area contributed by atoms with Gasteiger partial charge in [-0.1, -0.05) is 0 Å². The third-order valence-corrected chi connectivity index (χ3v) is 2.99. The van der Waals surface area contributed by atoms with E-state index in [2.05, 4.69) is 9.38 Å². The molecule has 0 unspecified atom stereocenters. The summed E-state index contributed by atoms with van der Waals surface area (Å²) in [4.78, 5) is 4.01. The molecule has 13 heavy (non-hydrogen) atoms. The molecule has 0 fully saturated rings. The third-order valence-electron chi connectivity index (χ3n) is 1.49. The van der Waals surface area contributed by atoms with Gasteiger partial charge in [-0.2, -0.15) is 12.8 Å². The lowest BCUT2D eigenvalue weighted by atomic mass is 10.3. The zero-order valence-corrected chi connectivity index (χ0v) is 8.25. The highest BCUT2D eigenvalue weighted by Gasteiger charge is 2.13. The fourth-order valence-corrected chi connectivity index (χ4v) is 2.03. The molecule has 0 saturated heterocycles. The summed E-state index contributed by atoms with van der Waals surface area (Å²) in [7, 11) is -3.51. The Balaban J connectivity index is 3.31. The van der Waals surface area contributed by atoms with E-state index in [4.69, 9.17) is 0 Å². The molecular formula is C8H10N2O2S. The maximum atomic E-state index is 11.4. The molecule has 5 heteroatoms. The van der Waals surface area contributed by atoms with Crippen molar-refractivity contribution in [2.24, 2.45) is 4.40 Å². The number of hydrogen-bond acceptors (Lipinski definition) is 3. The first-order valence-corrected chi connectivity index (χ1v) is 5.17. The van der Waals surface area contributed by atoms with E-state index in [9.17, 15) is 8.42 Å². The summed E-state index contributed by atoms with van der Waals surface area (Å²) < 4.78 is 26.3. The minimum Gasteiger partial charge on any atom is -0.264 e. The number of pyridine rings is 1. The van der Waals surface area contributed by atoms with Gasteiger partial charge in [0, 0.05) is 18.6 Å². The summed E-state index contributed by atoms with van der Waals surface area (Å²) in [6.07, 6.45) is 4.19. The van der Waals surface area contributed by atoms with Crippen LogP contribution in [0.3, 0.4) is 0 Å². The van der Waals surface area contributed by atoms with Gasteiger partial charge in [-0.3, -0.25) is 4.98 Å². The van der Waals surface area contributed by atoms with E-state index >= 15 is 0 Å². The molecule has 0 radical (unpaired) electrons. The Morgan fingerprint density at radius 3 is 2.77 bits per heavy atom. The Kier molecular flexibility index (Phi) is 2.77. The normalized spacial score (nSPS) is 12.2. The highest BCUT2D eigenvalue weighted by molar-refractivity contribution is 7.90. The van der Waals surface area contributed by atoms with Crippen molar-refractivity contribution in [3.8, 4) is 0 Å². The summed E-state index contributed by atoms with van der Waals surface area (Å²) in [6.45, 7) is 3.25. The zero-order chi connectivity index (χ0) is 9.90. The van der Waals surface area contributed by atoms with Gasteiger partial charge in [0.05, 0.1) is 4.90 Å². The van der Waals surface area contributed by atoms with Gasteiger partial charge in [0.2, 0.25) is 0 Å². The van der Waals surface area contributed by atoms with Crippen molar-refractivity contribution in [2.45, 2.75) is 18.7 Å². The van der Waals surface area contributed by atoms with E-state index < -0.39 is 10.0 Å². The van der Waals surface area contributed by atoms with Crippen molar-refractivity contribution in [1.29, 1.82) is 0 Å². The maximum absolute atomic E-state index is 11.4. The van der Waals surface area contributed by atoms with Gasteiger partial charge in [-0.25, -0.2) is 0 Å². The van der Waals surface area contributed by atoms with E-state index in [1.165, 1.54) is 24.7 Å². The summed E-state index contributed by atoms with van der Waals surface area (Å²) in [5.74, 6) is 0. The Bertz CT molecular complexity index is 424. The highest BCUT2D eigenvalue weighted by Crippen LogP contribution is 2.14. The molecule has 0 amide bonds. The molecule has 70 valence electrons. The van der Waals surface area contributed by atoms with Gasteiger partial charge in [-0.15, -0.1) is 0 Å². The average molecular weight is 198 g/mol. The molecule has 0 aromatic carbocycles. The topological polar surface area (TPSA) is 59.4 Å². The molecule has 4 nitrogen and oxygen atoms in total. The summed E-state index contributed by atoms with van der Waals surface area (Å²) in [5.41, 5.74) is 0.605. The molecule has 0 spiro atoms. The average Bonchev–Trinajstić information content (AvgIpc) is 2.04. The summed E-state index contributed by atoms with van der Waals surface area (Å²) in [6, 6.07) is 1.44. The van der Waals surface area contributed by atoms with Gasteiger partial charge in [0.1, 0.15) is 0 Å². The van der Waals surface area contributed by atoms with Crippen LogP contribution in [-0.4, -0.2) is 19.6 Å². The number of sulfonamides is 1. The second kappa shape index (κ2) is 3.66. The van der Waals surface area contributed by atoms with E-state index in [-0.39, 0.29) is 4.90 Å². The molecule has 0 N–H and O–H groups in total. The minimum atomic E-state index is -3.51. The molecule has 0 aliphatic rings. The van der Waals surface area contributed by atoms with Crippen LogP contribution in [0.1, 0.15) is 12.5 Å². The lowest BCUT2D eigenvalue weighted by Crippen LogP contribution is -1.99. The fourth-order valence-electron chi connectivity index (χ4n) is 0.946. The van der Waals surface area contributed by atoms with Gasteiger partial charge >= 0.3 is 0 Å². The zero-order valence-electron chi connectivity index (χ0n) is 7.43. The van der Waals surface area contributed by atoms with Crippen LogP contribution in [0.5, 0.6) is 0 Å². The smallest absolute Gasteiger partial charge is 0.264 e. The van der Waals surface area contributed by atoms with Gasteiger partial charge in [-0.05, 0) is 25.5 Å². The lowest BCUT2D eigenvalue weighted by Gasteiger charge is -2.00. The first-order valence-electron chi connectivity index (χ1n) is 3.73. The molecule has 0 aliphatic carbocycles. The van der Waals surface area contributed by atoms with E-state index in [0.717, 1.165) is 0 Å². The van der Waals surface area contributed by atoms with E-state index in [0.29, 0.717) is 5.56 Å². The van der Waals surface area contributed by atoms with Crippen molar-refractivity contribution in [3.05, 3.63) is 24.0 Å². The molecular weight excluding hydrogens is 188 g/mol. The summed E-state index contributed by atoms with van der Waals surface area (Å²) >= 11 is 0. The third kappa shape index (κ3) is 2.12. The van der Waals surface area contributed by atoms with Crippen LogP contribution in [0.4, 0.5) is 0 Å². The standard InChI is InChI=1S/C8H10N2O2S/c1-3-10-13(11,12)8-4-5-9-6-7(8)2/h3-6H,1-2H3. The van der Waals surface area contributed by atoms with Crippen molar-refractivity contribution < 1.29 is 8.42 Å². The second-order valence-electron chi connectivity index (χ2n) is 2.48. The van der Waals surface area contributed by atoms with Gasteiger partial charge in [0.15, 0.2) is 0 Å². The van der Waals surface area contributed by atoms with E-state index in [1.807, 2.05) is 0 Å². The number of rotatable bonds is 2. The monoisotopic (exact) mass is 198 g/mol. The van der Waals surface area contributed by atoms with Crippen LogP contribution in [0.25, 0.3) is 0 Å². The second-order valence-corrected chi connectivity index (χ2v) is 4.08. The van der Waals surface area contributed by atoms with Crippen LogP contribution in [0, 0.1) is 6.92 Å². The van der Waals surface area contributed by atoms with Crippen LogP contribution in [0.2, 0.25) is 0 Å².